The third-order valence-electron chi connectivity index (χ3n) is 1.82. The summed E-state index contributed by atoms with van der Waals surface area (Å²) >= 11 is 5.59. The van der Waals surface area contributed by atoms with Gasteiger partial charge in [-0.15, -0.1) is 0 Å². The highest BCUT2D eigenvalue weighted by Crippen LogP contribution is 2.15. The molecule has 0 rings (SSSR count). The molecule has 0 heterocycles. The van der Waals surface area contributed by atoms with Crippen LogP contribution in [-0.2, 0) is 9.59 Å². The van der Waals surface area contributed by atoms with Gasteiger partial charge in [0.05, 0.1) is 5.92 Å². The maximum absolute atomic E-state index is 10.8. The smallest absolute Gasteiger partial charge is 0.307 e. The average molecular weight is 252 g/mol. The van der Waals surface area contributed by atoms with Crippen LogP contribution < -0.4 is 0 Å². The normalized spacial score (nSPS) is 12.3. The molecule has 0 aliphatic heterocycles. The molecule has 0 aliphatic carbocycles. The van der Waals surface area contributed by atoms with Gasteiger partial charge in [0.1, 0.15) is 0 Å². The number of carboxylic acid groups (broad SMARTS) is 2. The van der Waals surface area contributed by atoms with E-state index in [9.17, 15) is 9.59 Å². The number of carbonyl (C=O) groups is 2. The molecule has 0 aliphatic rings. The second kappa shape index (κ2) is 8.91. The van der Waals surface area contributed by atoms with Crippen LogP contribution >= 0.6 is 24.4 Å². The van der Waals surface area contributed by atoms with E-state index in [1.807, 2.05) is 0 Å². The van der Waals surface area contributed by atoms with Crippen molar-refractivity contribution in [3.05, 3.63) is 0 Å². The third-order valence-corrected chi connectivity index (χ3v) is 3.35. The monoisotopic (exact) mass is 252 g/mol. The van der Waals surface area contributed by atoms with Crippen LogP contribution in [0.2, 0.25) is 0 Å². The molecular weight excluding hydrogens is 236 g/mol. The van der Waals surface area contributed by atoms with Gasteiger partial charge in [0.2, 0.25) is 0 Å². The molecule has 0 saturated heterocycles. The lowest BCUT2D eigenvalue weighted by Gasteiger charge is -2.09. The number of hydrogen-bond donors (Lipinski definition) is 3. The largest absolute Gasteiger partial charge is 0.481 e. The summed E-state index contributed by atoms with van der Waals surface area (Å²) in [6.45, 7) is 0. The molecule has 6 heteroatoms. The highest BCUT2D eigenvalue weighted by Gasteiger charge is 2.18. The molecule has 0 radical (unpaired) electrons. The van der Waals surface area contributed by atoms with E-state index in [2.05, 4.69) is 12.6 Å². The molecule has 0 aromatic carbocycles. The molecule has 0 fully saturated rings. The molecule has 4 nitrogen and oxygen atoms in total. The molecule has 0 bridgehead atoms. The molecule has 0 amide bonds. The van der Waals surface area contributed by atoms with Gasteiger partial charge in [-0.05, 0) is 24.3 Å². The molecule has 0 saturated carbocycles. The molecular formula is C9H16O4S2. The van der Waals surface area contributed by atoms with Crippen LogP contribution in [-0.4, -0.2) is 39.4 Å². The Morgan fingerprint density at radius 2 is 2.00 bits per heavy atom. The van der Waals surface area contributed by atoms with Gasteiger partial charge in [-0.2, -0.15) is 24.4 Å². The predicted octanol–water partition coefficient (Wildman–Crippen LogP) is 1.61. The summed E-state index contributed by atoms with van der Waals surface area (Å²) in [6.07, 6.45) is 1.07. The Hall–Kier alpha value is -0.360. The topological polar surface area (TPSA) is 74.6 Å². The van der Waals surface area contributed by atoms with E-state index >= 15 is 0 Å². The van der Waals surface area contributed by atoms with E-state index < -0.39 is 17.9 Å². The number of rotatable bonds is 9. The third kappa shape index (κ3) is 8.62. The van der Waals surface area contributed by atoms with E-state index in [0.29, 0.717) is 5.75 Å². The van der Waals surface area contributed by atoms with Crippen molar-refractivity contribution in [2.24, 2.45) is 5.92 Å². The number of aliphatic carboxylic acids is 2. The second-order valence-corrected chi connectivity index (χ2v) is 4.72. The first-order valence-corrected chi connectivity index (χ1v) is 6.49. The van der Waals surface area contributed by atoms with E-state index in [0.717, 1.165) is 17.9 Å². The zero-order chi connectivity index (χ0) is 11.7. The van der Waals surface area contributed by atoms with Crippen molar-refractivity contribution in [1.29, 1.82) is 0 Å². The molecule has 15 heavy (non-hydrogen) atoms. The lowest BCUT2D eigenvalue weighted by Crippen LogP contribution is -2.18. The van der Waals surface area contributed by atoms with Crippen molar-refractivity contribution in [2.75, 3.05) is 17.3 Å². The van der Waals surface area contributed by atoms with Crippen molar-refractivity contribution in [1.82, 2.24) is 0 Å². The Balaban J connectivity index is 3.73. The minimum atomic E-state index is -0.943. The first kappa shape index (κ1) is 14.6. The van der Waals surface area contributed by atoms with Crippen molar-refractivity contribution in [3.8, 4) is 0 Å². The van der Waals surface area contributed by atoms with Crippen LogP contribution in [0.15, 0.2) is 0 Å². The van der Waals surface area contributed by atoms with Gasteiger partial charge in [-0.3, -0.25) is 9.59 Å². The fourth-order valence-corrected chi connectivity index (χ4v) is 2.45. The Morgan fingerprint density at radius 3 is 2.47 bits per heavy atom. The summed E-state index contributed by atoms with van der Waals surface area (Å²) in [5, 5.41) is 17.3. The van der Waals surface area contributed by atoms with Crippen LogP contribution in [0.3, 0.4) is 0 Å². The highest BCUT2D eigenvalue weighted by atomic mass is 32.2. The fourth-order valence-electron chi connectivity index (χ4n) is 0.968. The van der Waals surface area contributed by atoms with Crippen LogP contribution in [0, 0.1) is 5.92 Å². The summed E-state index contributed by atoms with van der Waals surface area (Å²) in [5.41, 5.74) is 0. The highest BCUT2D eigenvalue weighted by molar-refractivity contribution is 7.99. The van der Waals surface area contributed by atoms with E-state index in [1.54, 1.807) is 11.8 Å². The van der Waals surface area contributed by atoms with Gasteiger partial charge in [0.15, 0.2) is 0 Å². The summed E-state index contributed by atoms with van der Waals surface area (Å²) in [4.78, 5) is 21.0. The van der Waals surface area contributed by atoms with E-state index in [1.165, 1.54) is 0 Å². The molecule has 2 N–H and O–H groups in total. The van der Waals surface area contributed by atoms with Crippen LogP contribution in [0.4, 0.5) is 0 Å². The van der Waals surface area contributed by atoms with Crippen molar-refractivity contribution in [3.63, 3.8) is 0 Å². The summed E-state index contributed by atoms with van der Waals surface area (Å²) < 4.78 is 0. The standard InChI is InChI=1S/C9H16O4S2/c10-8(11)3-2-7(9(12)13)6-15-5-1-4-14/h7,14H,1-6H2,(H,10,11)(H,12,13). The van der Waals surface area contributed by atoms with Crippen molar-refractivity contribution in [2.45, 2.75) is 19.3 Å². The minimum absolute atomic E-state index is 0.0793. The van der Waals surface area contributed by atoms with Gasteiger partial charge in [0.25, 0.3) is 0 Å². The molecule has 1 atom stereocenters. The average Bonchev–Trinajstić information content (AvgIpc) is 2.15. The lowest BCUT2D eigenvalue weighted by atomic mass is 10.1. The van der Waals surface area contributed by atoms with Gasteiger partial charge < -0.3 is 10.2 Å². The van der Waals surface area contributed by atoms with Gasteiger partial charge in [-0.1, -0.05) is 0 Å². The number of carboxylic acids is 2. The Morgan fingerprint density at radius 1 is 1.33 bits per heavy atom. The molecule has 88 valence electrons. The van der Waals surface area contributed by atoms with Crippen LogP contribution in [0.25, 0.3) is 0 Å². The van der Waals surface area contributed by atoms with Crippen molar-refractivity contribution >= 4 is 36.3 Å². The predicted molar refractivity (Wildman–Crippen MR) is 63.8 cm³/mol. The minimum Gasteiger partial charge on any atom is -0.481 e. The van der Waals surface area contributed by atoms with Gasteiger partial charge >= 0.3 is 11.9 Å². The summed E-state index contributed by atoms with van der Waals surface area (Å²) in [6, 6.07) is 0. The Labute approximate surface area is 98.8 Å². The van der Waals surface area contributed by atoms with Gasteiger partial charge in [-0.25, -0.2) is 0 Å². The number of thiol groups is 1. The molecule has 0 aromatic heterocycles. The maximum Gasteiger partial charge on any atom is 0.307 e. The zero-order valence-corrected chi connectivity index (χ0v) is 10.1. The van der Waals surface area contributed by atoms with Crippen molar-refractivity contribution < 1.29 is 19.8 Å². The molecule has 0 spiro atoms. The van der Waals surface area contributed by atoms with Crippen LogP contribution in [0.1, 0.15) is 19.3 Å². The molecule has 0 aromatic rings. The van der Waals surface area contributed by atoms with E-state index in [4.69, 9.17) is 10.2 Å². The maximum atomic E-state index is 10.8. The fraction of sp³-hybridized carbons (Fsp3) is 0.778. The first-order valence-electron chi connectivity index (χ1n) is 4.71. The Kier molecular flexibility index (Phi) is 8.70. The van der Waals surface area contributed by atoms with Gasteiger partial charge in [0, 0.05) is 12.2 Å². The summed E-state index contributed by atoms with van der Waals surface area (Å²) in [5.74, 6) is -0.251. The number of thioether (sulfide) groups is 1. The Bertz CT molecular complexity index is 208. The quantitative estimate of drug-likeness (QED) is 0.429. The first-order chi connectivity index (χ1) is 7.07. The second-order valence-electron chi connectivity index (χ2n) is 3.12. The molecule has 1 unspecified atom stereocenters. The number of hydrogen-bond acceptors (Lipinski definition) is 4. The van der Waals surface area contributed by atoms with Crippen LogP contribution in [0.5, 0.6) is 0 Å². The van der Waals surface area contributed by atoms with E-state index in [-0.39, 0.29) is 12.8 Å². The SMILES string of the molecule is O=C(O)CCC(CSCCCS)C(=O)O. The zero-order valence-electron chi connectivity index (χ0n) is 8.39. The lowest BCUT2D eigenvalue weighted by molar-refractivity contribution is -0.142. The summed E-state index contributed by atoms with van der Waals surface area (Å²) in [7, 11) is 0.